The summed E-state index contributed by atoms with van der Waals surface area (Å²) in [4.78, 5) is 2.32. The van der Waals surface area contributed by atoms with Gasteiger partial charge in [0, 0.05) is 12.1 Å². The quantitative estimate of drug-likeness (QED) is 0.580. The smallest absolute Gasteiger partial charge is 0.123 e. The molecule has 0 aliphatic carbocycles. The van der Waals surface area contributed by atoms with E-state index in [4.69, 9.17) is 4.74 Å². The van der Waals surface area contributed by atoms with Gasteiger partial charge in [-0.2, -0.15) is 12.6 Å². The van der Waals surface area contributed by atoms with Crippen LogP contribution in [0.25, 0.3) is 0 Å². The minimum Gasteiger partial charge on any atom is -0.496 e. The lowest BCUT2D eigenvalue weighted by Crippen LogP contribution is -2.19. The largest absolute Gasteiger partial charge is 0.496 e. The van der Waals surface area contributed by atoms with Crippen molar-refractivity contribution in [2.45, 2.75) is 19.4 Å². The van der Waals surface area contributed by atoms with Crippen molar-refractivity contribution in [3.63, 3.8) is 0 Å². The molecule has 1 aromatic rings. The monoisotopic (exact) mass is 239 g/mol. The van der Waals surface area contributed by atoms with Crippen LogP contribution in [0.1, 0.15) is 18.4 Å². The summed E-state index contributed by atoms with van der Waals surface area (Å²) in [6.07, 6.45) is 2.38. The summed E-state index contributed by atoms with van der Waals surface area (Å²) in [7, 11) is 3.87. The lowest BCUT2D eigenvalue weighted by atomic mass is 10.2. The molecule has 0 unspecified atom stereocenters. The summed E-state index contributed by atoms with van der Waals surface area (Å²) < 4.78 is 5.33. The second-order valence-electron chi connectivity index (χ2n) is 3.98. The number of benzene rings is 1. The minimum atomic E-state index is 0.941. The van der Waals surface area contributed by atoms with Crippen LogP contribution in [0, 0.1) is 0 Å². The molecule has 16 heavy (non-hydrogen) atoms. The molecule has 0 saturated carbocycles. The van der Waals surface area contributed by atoms with Gasteiger partial charge >= 0.3 is 0 Å². The van der Waals surface area contributed by atoms with E-state index < -0.39 is 0 Å². The van der Waals surface area contributed by atoms with E-state index in [2.05, 4.69) is 36.7 Å². The molecule has 2 nitrogen and oxygen atoms in total. The lowest BCUT2D eigenvalue weighted by Gasteiger charge is -2.18. The van der Waals surface area contributed by atoms with Gasteiger partial charge in [-0.25, -0.2) is 0 Å². The first-order valence-electron chi connectivity index (χ1n) is 5.69. The van der Waals surface area contributed by atoms with E-state index >= 15 is 0 Å². The average Bonchev–Trinajstić information content (AvgIpc) is 2.30. The summed E-state index contributed by atoms with van der Waals surface area (Å²) in [5.74, 6) is 1.95. The molecular weight excluding hydrogens is 218 g/mol. The number of rotatable bonds is 7. The molecule has 0 fully saturated rings. The molecular formula is C13H21NOS. The number of hydrogen-bond acceptors (Lipinski definition) is 3. The van der Waals surface area contributed by atoms with Crippen LogP contribution in [0.5, 0.6) is 5.75 Å². The van der Waals surface area contributed by atoms with Crippen LogP contribution in [-0.4, -0.2) is 31.4 Å². The number of thiol groups is 1. The predicted molar refractivity (Wildman–Crippen MR) is 72.4 cm³/mol. The molecule has 0 aromatic heterocycles. The lowest BCUT2D eigenvalue weighted by molar-refractivity contribution is 0.312. The second-order valence-corrected chi connectivity index (χ2v) is 4.43. The third-order valence-electron chi connectivity index (χ3n) is 2.58. The zero-order chi connectivity index (χ0) is 11.8. The fourth-order valence-electron chi connectivity index (χ4n) is 1.70. The average molecular weight is 239 g/mol. The summed E-state index contributed by atoms with van der Waals surface area (Å²) in [5, 5.41) is 0. The van der Waals surface area contributed by atoms with E-state index in [1.807, 2.05) is 12.1 Å². The van der Waals surface area contributed by atoms with E-state index in [-0.39, 0.29) is 0 Å². The van der Waals surface area contributed by atoms with Crippen LogP contribution in [-0.2, 0) is 6.54 Å². The fraction of sp³-hybridized carbons (Fsp3) is 0.538. The highest BCUT2D eigenvalue weighted by atomic mass is 32.1. The molecule has 0 atom stereocenters. The van der Waals surface area contributed by atoms with E-state index in [9.17, 15) is 0 Å². The van der Waals surface area contributed by atoms with Crippen LogP contribution in [0.2, 0.25) is 0 Å². The maximum atomic E-state index is 5.33. The Morgan fingerprint density at radius 2 is 2.00 bits per heavy atom. The van der Waals surface area contributed by atoms with Gasteiger partial charge in [-0.15, -0.1) is 0 Å². The van der Waals surface area contributed by atoms with Crippen molar-refractivity contribution >= 4 is 12.6 Å². The number of methoxy groups -OCH3 is 1. The Labute approximate surface area is 104 Å². The van der Waals surface area contributed by atoms with Crippen molar-refractivity contribution in [1.82, 2.24) is 4.90 Å². The van der Waals surface area contributed by atoms with Crippen LogP contribution in [0.15, 0.2) is 24.3 Å². The Morgan fingerprint density at radius 3 is 2.69 bits per heavy atom. The van der Waals surface area contributed by atoms with Crippen molar-refractivity contribution in [1.29, 1.82) is 0 Å². The van der Waals surface area contributed by atoms with E-state index in [1.54, 1.807) is 7.11 Å². The molecule has 0 heterocycles. The summed E-state index contributed by atoms with van der Waals surface area (Å²) >= 11 is 4.22. The normalized spacial score (nSPS) is 10.8. The first kappa shape index (κ1) is 13.4. The minimum absolute atomic E-state index is 0.941. The van der Waals surface area contributed by atoms with Crippen LogP contribution < -0.4 is 4.74 Å². The van der Waals surface area contributed by atoms with E-state index in [1.165, 1.54) is 18.4 Å². The van der Waals surface area contributed by atoms with Gasteiger partial charge in [-0.3, -0.25) is 0 Å². The fourth-order valence-corrected chi connectivity index (χ4v) is 1.92. The molecule has 0 spiro atoms. The van der Waals surface area contributed by atoms with Gasteiger partial charge in [0.15, 0.2) is 0 Å². The zero-order valence-corrected chi connectivity index (χ0v) is 11.0. The number of hydrogen-bond donors (Lipinski definition) is 1. The number of unbranched alkanes of at least 4 members (excludes halogenated alkanes) is 1. The molecule has 0 bridgehead atoms. The van der Waals surface area contributed by atoms with E-state index in [0.29, 0.717) is 0 Å². The molecule has 0 N–H and O–H groups in total. The van der Waals surface area contributed by atoms with Crippen LogP contribution >= 0.6 is 12.6 Å². The highest BCUT2D eigenvalue weighted by Gasteiger charge is 2.04. The molecule has 3 heteroatoms. The van der Waals surface area contributed by atoms with Crippen LogP contribution in [0.4, 0.5) is 0 Å². The zero-order valence-electron chi connectivity index (χ0n) is 10.1. The summed E-state index contributed by atoms with van der Waals surface area (Å²) in [5.41, 5.74) is 1.25. The van der Waals surface area contributed by atoms with Gasteiger partial charge in [0.05, 0.1) is 7.11 Å². The Balaban J connectivity index is 2.45. The third-order valence-corrected chi connectivity index (χ3v) is 2.90. The topological polar surface area (TPSA) is 12.5 Å². The molecule has 0 saturated heterocycles. The molecule has 0 aliphatic rings. The highest BCUT2D eigenvalue weighted by molar-refractivity contribution is 7.80. The molecule has 0 aliphatic heterocycles. The second kappa shape index (κ2) is 7.58. The van der Waals surface area contributed by atoms with Crippen molar-refractivity contribution in [3.05, 3.63) is 29.8 Å². The molecule has 0 amide bonds. The number of para-hydroxylation sites is 1. The Morgan fingerprint density at radius 1 is 1.25 bits per heavy atom. The maximum absolute atomic E-state index is 5.33. The third kappa shape index (κ3) is 4.45. The molecule has 90 valence electrons. The van der Waals surface area contributed by atoms with Crippen molar-refractivity contribution in [2.24, 2.45) is 0 Å². The molecule has 1 aromatic carbocycles. The van der Waals surface area contributed by atoms with Gasteiger partial charge in [0.25, 0.3) is 0 Å². The van der Waals surface area contributed by atoms with Gasteiger partial charge in [-0.05, 0) is 38.3 Å². The van der Waals surface area contributed by atoms with Gasteiger partial charge in [0.1, 0.15) is 5.75 Å². The first-order chi connectivity index (χ1) is 7.77. The molecule has 1 rings (SSSR count). The van der Waals surface area contributed by atoms with Crippen molar-refractivity contribution in [2.75, 3.05) is 26.5 Å². The first-order valence-corrected chi connectivity index (χ1v) is 6.32. The van der Waals surface area contributed by atoms with E-state index in [0.717, 1.165) is 24.6 Å². The van der Waals surface area contributed by atoms with Crippen LogP contribution in [0.3, 0.4) is 0 Å². The standard InChI is InChI=1S/C13H21NOS/c1-14(9-5-6-10-16)11-12-7-3-4-8-13(12)15-2/h3-4,7-8,16H,5-6,9-11H2,1-2H3. The summed E-state index contributed by atoms with van der Waals surface area (Å²) in [6.45, 7) is 2.05. The van der Waals surface area contributed by atoms with Crippen molar-refractivity contribution in [3.8, 4) is 5.75 Å². The predicted octanol–water partition coefficient (Wildman–Crippen LogP) is 2.84. The maximum Gasteiger partial charge on any atom is 0.123 e. The van der Waals surface area contributed by atoms with Gasteiger partial charge < -0.3 is 9.64 Å². The Bertz CT molecular complexity index is 304. The van der Waals surface area contributed by atoms with Gasteiger partial charge in [-0.1, -0.05) is 18.2 Å². The number of nitrogens with zero attached hydrogens (tertiary/aromatic N) is 1. The number of ether oxygens (including phenoxy) is 1. The molecule has 0 radical (unpaired) electrons. The Hall–Kier alpha value is -0.670. The SMILES string of the molecule is COc1ccccc1CN(C)CCCCS. The van der Waals surface area contributed by atoms with Crippen molar-refractivity contribution < 1.29 is 4.74 Å². The Kier molecular flexibility index (Phi) is 6.34. The highest BCUT2D eigenvalue weighted by Crippen LogP contribution is 2.18. The summed E-state index contributed by atoms with van der Waals surface area (Å²) in [6, 6.07) is 8.19. The van der Waals surface area contributed by atoms with Gasteiger partial charge in [0.2, 0.25) is 0 Å².